The Labute approximate surface area is 175 Å². The first kappa shape index (κ1) is 20.3. The zero-order chi connectivity index (χ0) is 21.5. The molecule has 0 aliphatic carbocycles. The Kier molecular flexibility index (Phi) is 5.24. The molecule has 0 spiro atoms. The van der Waals surface area contributed by atoms with E-state index in [0.717, 1.165) is 11.6 Å². The summed E-state index contributed by atoms with van der Waals surface area (Å²) in [6, 6.07) is 17.5. The van der Waals surface area contributed by atoms with Gasteiger partial charge >= 0.3 is 12.1 Å². The van der Waals surface area contributed by atoms with Crippen molar-refractivity contribution in [3.8, 4) is 0 Å². The van der Waals surface area contributed by atoms with Crippen LogP contribution in [0.25, 0.3) is 21.8 Å². The molecule has 0 saturated heterocycles. The molecule has 4 rings (SSSR count). The second-order valence-electron chi connectivity index (χ2n) is 7.00. The first-order valence-electron chi connectivity index (χ1n) is 9.25. The fourth-order valence-corrected chi connectivity index (χ4v) is 4.75. The Bertz CT molecular complexity index is 1250. The lowest BCUT2D eigenvalue weighted by Gasteiger charge is -2.17. The number of alkyl halides is 3. The predicted molar refractivity (Wildman–Crippen MR) is 113 cm³/mol. The van der Waals surface area contributed by atoms with Crippen LogP contribution in [0, 0.1) is 0 Å². The first-order valence-corrected chi connectivity index (χ1v) is 10.5. The van der Waals surface area contributed by atoms with Gasteiger partial charge in [0.2, 0.25) is 0 Å². The van der Waals surface area contributed by atoms with Gasteiger partial charge in [-0.05, 0) is 29.5 Å². The summed E-state index contributed by atoms with van der Waals surface area (Å²) in [7, 11) is 0. The lowest BCUT2D eigenvalue weighted by Crippen LogP contribution is -2.11. The van der Waals surface area contributed by atoms with E-state index in [1.165, 1.54) is 11.8 Å². The van der Waals surface area contributed by atoms with Gasteiger partial charge in [0.1, 0.15) is 0 Å². The number of carboxylic acid groups (broad SMARTS) is 1. The standard InChI is InChI=1S/C23H18F3NO2S/c1-30-22-15(12-19(28)29)11-17(23(24,25)26)20-16-9-5-6-10-18(16)27(21(20)22)13-14-7-3-2-4-8-14/h2-11H,12-13H2,1H3,(H,28,29). The lowest BCUT2D eigenvalue weighted by atomic mass is 10.0. The molecule has 1 heterocycles. The van der Waals surface area contributed by atoms with Gasteiger partial charge in [-0.1, -0.05) is 48.5 Å². The molecule has 1 aromatic heterocycles. The minimum absolute atomic E-state index is 0.118. The van der Waals surface area contributed by atoms with Gasteiger partial charge in [0.05, 0.1) is 17.5 Å². The van der Waals surface area contributed by atoms with E-state index in [4.69, 9.17) is 0 Å². The van der Waals surface area contributed by atoms with Gasteiger partial charge in [-0.25, -0.2) is 0 Å². The van der Waals surface area contributed by atoms with Crippen molar-refractivity contribution in [1.29, 1.82) is 0 Å². The lowest BCUT2D eigenvalue weighted by molar-refractivity contribution is -0.138. The number of hydrogen-bond acceptors (Lipinski definition) is 2. The Morgan fingerprint density at radius 3 is 2.37 bits per heavy atom. The Hall–Kier alpha value is -2.93. The van der Waals surface area contributed by atoms with Crippen LogP contribution in [0.15, 0.2) is 65.6 Å². The number of nitrogens with zero attached hydrogens (tertiary/aromatic N) is 1. The molecule has 0 radical (unpaired) electrons. The van der Waals surface area contributed by atoms with E-state index in [2.05, 4.69) is 0 Å². The molecule has 4 aromatic rings. The average Bonchev–Trinajstić information content (AvgIpc) is 3.01. The molecule has 0 unspecified atom stereocenters. The van der Waals surface area contributed by atoms with E-state index < -0.39 is 24.1 Å². The third-order valence-electron chi connectivity index (χ3n) is 5.10. The van der Waals surface area contributed by atoms with E-state index in [1.807, 2.05) is 34.9 Å². The number of halogens is 3. The van der Waals surface area contributed by atoms with E-state index >= 15 is 0 Å². The Morgan fingerprint density at radius 2 is 1.73 bits per heavy atom. The number of benzene rings is 3. The first-order chi connectivity index (χ1) is 14.3. The molecule has 30 heavy (non-hydrogen) atoms. The van der Waals surface area contributed by atoms with Crippen LogP contribution in [0.5, 0.6) is 0 Å². The van der Waals surface area contributed by atoms with E-state index in [1.54, 1.807) is 30.5 Å². The van der Waals surface area contributed by atoms with Crippen LogP contribution >= 0.6 is 11.8 Å². The smallest absolute Gasteiger partial charge is 0.417 e. The highest BCUT2D eigenvalue weighted by Crippen LogP contribution is 2.45. The van der Waals surface area contributed by atoms with Gasteiger partial charge in [-0.15, -0.1) is 11.8 Å². The van der Waals surface area contributed by atoms with Crippen molar-refractivity contribution < 1.29 is 23.1 Å². The van der Waals surface area contributed by atoms with Crippen LogP contribution in [0.2, 0.25) is 0 Å². The molecule has 0 aliphatic heterocycles. The van der Waals surface area contributed by atoms with Crippen molar-refractivity contribution >= 4 is 39.5 Å². The SMILES string of the molecule is CSc1c(CC(=O)O)cc(C(F)(F)F)c2c3ccccc3n(Cc3ccccc3)c12. The quantitative estimate of drug-likeness (QED) is 0.384. The molecular formula is C23H18F3NO2S. The molecule has 154 valence electrons. The fourth-order valence-electron chi connectivity index (χ4n) is 3.95. The van der Waals surface area contributed by atoms with E-state index in [-0.39, 0.29) is 10.9 Å². The van der Waals surface area contributed by atoms with Crippen LogP contribution in [0.1, 0.15) is 16.7 Å². The number of carboxylic acids is 1. The summed E-state index contributed by atoms with van der Waals surface area (Å²) in [5, 5.41) is 9.93. The number of fused-ring (bicyclic) bond motifs is 3. The number of carbonyl (C=O) groups is 1. The zero-order valence-electron chi connectivity index (χ0n) is 16.0. The summed E-state index contributed by atoms with van der Waals surface area (Å²) in [4.78, 5) is 11.9. The molecule has 0 bridgehead atoms. The molecule has 7 heteroatoms. The van der Waals surface area contributed by atoms with Gasteiger partial charge in [-0.2, -0.15) is 13.2 Å². The maximum atomic E-state index is 14.1. The average molecular weight is 429 g/mol. The number of hydrogen-bond donors (Lipinski definition) is 1. The molecule has 3 aromatic carbocycles. The second-order valence-corrected chi connectivity index (χ2v) is 7.81. The summed E-state index contributed by atoms with van der Waals surface area (Å²) >= 11 is 1.27. The highest BCUT2D eigenvalue weighted by atomic mass is 32.2. The summed E-state index contributed by atoms with van der Waals surface area (Å²) in [6.45, 7) is 0.381. The molecule has 1 N–H and O–H groups in total. The van der Waals surface area contributed by atoms with Gasteiger partial charge < -0.3 is 9.67 Å². The van der Waals surface area contributed by atoms with Gasteiger partial charge in [0.25, 0.3) is 0 Å². The van der Waals surface area contributed by atoms with Crippen LogP contribution in [0.3, 0.4) is 0 Å². The maximum absolute atomic E-state index is 14.1. The van der Waals surface area contributed by atoms with Crippen molar-refractivity contribution in [3.63, 3.8) is 0 Å². The maximum Gasteiger partial charge on any atom is 0.417 e. The molecule has 0 saturated carbocycles. The highest BCUT2D eigenvalue weighted by Gasteiger charge is 2.36. The molecule has 0 fully saturated rings. The van der Waals surface area contributed by atoms with Crippen molar-refractivity contribution in [2.45, 2.75) is 24.0 Å². The fraction of sp³-hybridized carbons (Fsp3) is 0.174. The van der Waals surface area contributed by atoms with Crippen LogP contribution in [0.4, 0.5) is 13.2 Å². The second kappa shape index (κ2) is 7.72. The van der Waals surface area contributed by atoms with Gasteiger partial charge in [-0.3, -0.25) is 4.79 Å². The number of aliphatic carboxylic acids is 1. The number of aromatic nitrogens is 1. The molecule has 0 atom stereocenters. The molecular weight excluding hydrogens is 411 g/mol. The summed E-state index contributed by atoms with van der Waals surface area (Å²) < 4.78 is 44.1. The largest absolute Gasteiger partial charge is 0.481 e. The van der Waals surface area contributed by atoms with E-state index in [9.17, 15) is 23.1 Å². The van der Waals surface area contributed by atoms with Crippen LogP contribution < -0.4 is 0 Å². The van der Waals surface area contributed by atoms with Crippen LogP contribution in [-0.4, -0.2) is 21.9 Å². The van der Waals surface area contributed by atoms with Crippen molar-refractivity contribution in [1.82, 2.24) is 4.57 Å². The topological polar surface area (TPSA) is 42.2 Å². The molecule has 0 aliphatic rings. The minimum atomic E-state index is -4.61. The van der Waals surface area contributed by atoms with E-state index in [0.29, 0.717) is 27.9 Å². The summed E-state index contributed by atoms with van der Waals surface area (Å²) in [6.07, 6.45) is -3.32. The third kappa shape index (κ3) is 3.54. The number of rotatable bonds is 5. The number of para-hydroxylation sites is 1. The Balaban J connectivity index is 2.17. The Morgan fingerprint density at radius 1 is 1.07 bits per heavy atom. The highest BCUT2D eigenvalue weighted by molar-refractivity contribution is 7.98. The number of thioether (sulfide) groups is 1. The van der Waals surface area contributed by atoms with Crippen LogP contribution in [-0.2, 0) is 23.9 Å². The van der Waals surface area contributed by atoms with Gasteiger partial charge in [0.15, 0.2) is 0 Å². The minimum Gasteiger partial charge on any atom is -0.481 e. The predicted octanol–water partition coefficient (Wildman–Crippen LogP) is 6.21. The van der Waals surface area contributed by atoms with Crippen molar-refractivity contribution in [3.05, 3.63) is 77.4 Å². The van der Waals surface area contributed by atoms with Gasteiger partial charge in [0, 0.05) is 27.7 Å². The molecule has 3 nitrogen and oxygen atoms in total. The van der Waals surface area contributed by atoms with Crippen molar-refractivity contribution in [2.75, 3.05) is 6.26 Å². The summed E-state index contributed by atoms with van der Waals surface area (Å²) in [5.74, 6) is -1.16. The summed E-state index contributed by atoms with van der Waals surface area (Å²) in [5.41, 5.74) is 1.44. The van der Waals surface area contributed by atoms with Crippen molar-refractivity contribution in [2.24, 2.45) is 0 Å². The zero-order valence-corrected chi connectivity index (χ0v) is 16.8. The third-order valence-corrected chi connectivity index (χ3v) is 5.96. The monoisotopic (exact) mass is 429 g/mol. The molecule has 0 amide bonds. The normalized spacial score (nSPS) is 12.0.